The third-order valence-corrected chi connectivity index (χ3v) is 5.14. The van der Waals surface area contributed by atoms with Crippen molar-refractivity contribution in [1.82, 2.24) is 0 Å². The Morgan fingerprint density at radius 1 is 1.15 bits per heavy atom. The summed E-state index contributed by atoms with van der Waals surface area (Å²) in [5.74, 6) is -0.753. The summed E-state index contributed by atoms with van der Waals surface area (Å²) < 4.78 is 15.5. The summed E-state index contributed by atoms with van der Waals surface area (Å²) in [6.07, 6.45) is -0.0447. The number of nitrogens with zero attached hydrogens (tertiary/aromatic N) is 1. The molecule has 0 unspecified atom stereocenters. The number of amides is 1. The van der Waals surface area contributed by atoms with E-state index in [9.17, 15) is 24.5 Å². The van der Waals surface area contributed by atoms with Gasteiger partial charge in [-0.05, 0) is 43.5 Å². The highest BCUT2D eigenvalue weighted by atomic mass is 16.6. The number of ether oxygens (including phenoxy) is 2. The van der Waals surface area contributed by atoms with E-state index in [4.69, 9.17) is 13.9 Å². The first-order valence-corrected chi connectivity index (χ1v) is 10.0. The number of methoxy groups -OCH3 is 1. The first-order valence-electron chi connectivity index (χ1n) is 10.0. The number of nitro benzene ring substituents is 1. The van der Waals surface area contributed by atoms with Crippen molar-refractivity contribution < 1.29 is 28.4 Å². The Hall–Kier alpha value is -4.21. The van der Waals surface area contributed by atoms with E-state index in [1.165, 1.54) is 25.3 Å². The van der Waals surface area contributed by atoms with Crippen LogP contribution in [-0.4, -0.2) is 30.5 Å². The number of carbonyl (C=O) groups is 2. The molecule has 0 aliphatic heterocycles. The fourth-order valence-corrected chi connectivity index (χ4v) is 3.28. The maximum Gasteiger partial charge on any atom is 0.339 e. The van der Waals surface area contributed by atoms with Crippen LogP contribution in [0.1, 0.15) is 23.1 Å². The van der Waals surface area contributed by atoms with Gasteiger partial charge >= 0.3 is 11.6 Å². The Kier molecular flexibility index (Phi) is 7.07. The molecule has 3 rings (SSSR count). The summed E-state index contributed by atoms with van der Waals surface area (Å²) >= 11 is 0. The van der Waals surface area contributed by atoms with Crippen LogP contribution in [0.2, 0.25) is 0 Å². The predicted octanol–water partition coefficient (Wildman–Crippen LogP) is 3.44. The Balaban J connectivity index is 1.59. The molecule has 1 aromatic heterocycles. The molecule has 0 fully saturated rings. The van der Waals surface area contributed by atoms with Crippen LogP contribution in [0.15, 0.2) is 45.6 Å². The lowest BCUT2D eigenvalue weighted by atomic mass is 10.0. The molecule has 0 spiro atoms. The zero-order chi connectivity index (χ0) is 24.1. The molecule has 0 bridgehead atoms. The van der Waals surface area contributed by atoms with Gasteiger partial charge in [-0.3, -0.25) is 19.7 Å². The van der Waals surface area contributed by atoms with Crippen molar-refractivity contribution in [3.63, 3.8) is 0 Å². The van der Waals surface area contributed by atoms with E-state index in [0.717, 1.165) is 5.39 Å². The van der Waals surface area contributed by atoms with Crippen LogP contribution in [0, 0.1) is 24.0 Å². The number of hydrogen-bond acceptors (Lipinski definition) is 8. The lowest BCUT2D eigenvalue weighted by molar-refractivity contribution is -0.384. The average Bonchev–Trinajstić information content (AvgIpc) is 2.78. The summed E-state index contributed by atoms with van der Waals surface area (Å²) in [5.41, 5.74) is 1.58. The number of fused-ring (bicyclic) bond motifs is 1. The number of esters is 1. The van der Waals surface area contributed by atoms with Crippen molar-refractivity contribution in [2.24, 2.45) is 0 Å². The van der Waals surface area contributed by atoms with Crippen molar-refractivity contribution >= 4 is 34.2 Å². The maximum atomic E-state index is 12.4. The number of carbonyl (C=O) groups excluding carboxylic acids is 2. The van der Waals surface area contributed by atoms with E-state index in [-0.39, 0.29) is 24.2 Å². The molecule has 172 valence electrons. The van der Waals surface area contributed by atoms with Gasteiger partial charge in [-0.15, -0.1) is 0 Å². The summed E-state index contributed by atoms with van der Waals surface area (Å²) in [6.45, 7) is 2.88. The SMILES string of the molecule is COc1ccc2c(C)c(CCC(=O)OCC(=O)Nc3cc([N+](=O)[O-])ccc3C)c(=O)oc2c1. The minimum Gasteiger partial charge on any atom is -0.497 e. The lowest BCUT2D eigenvalue weighted by Crippen LogP contribution is -2.22. The number of hydrogen-bond donors (Lipinski definition) is 1. The number of nitro groups is 1. The largest absolute Gasteiger partial charge is 0.497 e. The minimum absolute atomic E-state index is 0.0839. The average molecular weight is 454 g/mol. The van der Waals surface area contributed by atoms with Crippen LogP contribution in [0.25, 0.3) is 11.0 Å². The quantitative estimate of drug-likeness (QED) is 0.236. The first kappa shape index (κ1) is 23.5. The molecule has 10 heteroatoms. The number of aryl methyl sites for hydroxylation is 2. The van der Waals surface area contributed by atoms with E-state index in [1.54, 1.807) is 32.0 Å². The first-order chi connectivity index (χ1) is 15.7. The minimum atomic E-state index is -0.672. The Labute approximate surface area is 188 Å². The second kappa shape index (κ2) is 9.94. The van der Waals surface area contributed by atoms with Crippen LogP contribution in [0.4, 0.5) is 11.4 Å². The maximum absolute atomic E-state index is 12.4. The standard InChI is InChI=1S/C23H22N2O8/c1-13-4-5-15(25(29)30)10-19(13)24-21(26)12-32-22(27)9-8-18-14(2)17-7-6-16(31-3)11-20(17)33-23(18)28/h4-7,10-11H,8-9,12H2,1-3H3,(H,24,26). The Morgan fingerprint density at radius 2 is 1.91 bits per heavy atom. The zero-order valence-corrected chi connectivity index (χ0v) is 18.3. The topological polar surface area (TPSA) is 138 Å². The van der Waals surface area contributed by atoms with Crippen molar-refractivity contribution in [1.29, 1.82) is 0 Å². The number of nitrogens with one attached hydrogen (secondary N) is 1. The summed E-state index contributed by atoms with van der Waals surface area (Å²) in [5, 5.41) is 14.1. The van der Waals surface area contributed by atoms with Gasteiger partial charge in [0.15, 0.2) is 6.61 Å². The normalized spacial score (nSPS) is 10.6. The van der Waals surface area contributed by atoms with Crippen molar-refractivity contribution in [2.75, 3.05) is 19.0 Å². The summed E-state index contributed by atoms with van der Waals surface area (Å²) in [4.78, 5) is 46.9. The summed E-state index contributed by atoms with van der Waals surface area (Å²) in [6, 6.07) is 9.19. The molecule has 0 atom stereocenters. The van der Waals surface area contributed by atoms with Gasteiger partial charge < -0.3 is 19.2 Å². The van der Waals surface area contributed by atoms with Gasteiger partial charge in [0.1, 0.15) is 11.3 Å². The van der Waals surface area contributed by atoms with Gasteiger partial charge in [0, 0.05) is 35.6 Å². The van der Waals surface area contributed by atoms with Crippen LogP contribution >= 0.6 is 0 Å². The smallest absolute Gasteiger partial charge is 0.339 e. The summed E-state index contributed by atoms with van der Waals surface area (Å²) in [7, 11) is 1.51. The molecule has 0 radical (unpaired) electrons. The molecule has 0 aliphatic rings. The molecule has 1 amide bonds. The molecule has 3 aromatic rings. The van der Waals surface area contributed by atoms with E-state index >= 15 is 0 Å². The fraction of sp³-hybridized carbons (Fsp3) is 0.261. The van der Waals surface area contributed by atoms with Crippen molar-refractivity contribution in [2.45, 2.75) is 26.7 Å². The Bertz CT molecular complexity index is 1300. The highest BCUT2D eigenvalue weighted by Gasteiger charge is 2.16. The number of anilines is 1. The Morgan fingerprint density at radius 3 is 2.61 bits per heavy atom. The molecule has 0 saturated carbocycles. The highest BCUT2D eigenvalue weighted by molar-refractivity contribution is 5.93. The van der Waals surface area contributed by atoms with Crippen LogP contribution < -0.4 is 15.7 Å². The predicted molar refractivity (Wildman–Crippen MR) is 120 cm³/mol. The molecular weight excluding hydrogens is 432 g/mol. The zero-order valence-electron chi connectivity index (χ0n) is 18.3. The second-order valence-electron chi connectivity index (χ2n) is 7.32. The van der Waals surface area contributed by atoms with Crippen LogP contribution in [0.5, 0.6) is 5.75 Å². The van der Waals surface area contributed by atoms with E-state index < -0.39 is 29.0 Å². The lowest BCUT2D eigenvalue weighted by Gasteiger charge is -2.10. The van der Waals surface area contributed by atoms with E-state index in [0.29, 0.717) is 28.0 Å². The van der Waals surface area contributed by atoms with Crippen LogP contribution in [0.3, 0.4) is 0 Å². The molecule has 0 saturated heterocycles. The molecule has 10 nitrogen and oxygen atoms in total. The van der Waals surface area contributed by atoms with Gasteiger partial charge in [0.05, 0.1) is 17.7 Å². The molecule has 2 aromatic carbocycles. The number of benzene rings is 2. The van der Waals surface area contributed by atoms with Gasteiger partial charge in [-0.2, -0.15) is 0 Å². The third kappa shape index (κ3) is 5.53. The van der Waals surface area contributed by atoms with Gasteiger partial charge in [0.2, 0.25) is 0 Å². The number of non-ortho nitro benzene ring substituents is 1. The molecule has 1 heterocycles. The van der Waals surface area contributed by atoms with Crippen molar-refractivity contribution in [3.8, 4) is 5.75 Å². The molecular formula is C23H22N2O8. The van der Waals surface area contributed by atoms with Gasteiger partial charge in [-0.1, -0.05) is 6.07 Å². The van der Waals surface area contributed by atoms with Gasteiger partial charge in [0.25, 0.3) is 11.6 Å². The monoisotopic (exact) mass is 454 g/mol. The van der Waals surface area contributed by atoms with Crippen LogP contribution in [-0.2, 0) is 20.7 Å². The van der Waals surface area contributed by atoms with Crippen molar-refractivity contribution in [3.05, 3.63) is 73.6 Å². The highest BCUT2D eigenvalue weighted by Crippen LogP contribution is 2.25. The van der Waals surface area contributed by atoms with E-state index in [2.05, 4.69) is 5.32 Å². The number of rotatable bonds is 8. The second-order valence-corrected chi connectivity index (χ2v) is 7.32. The molecule has 33 heavy (non-hydrogen) atoms. The molecule has 0 aliphatic carbocycles. The van der Waals surface area contributed by atoms with Gasteiger partial charge in [-0.25, -0.2) is 4.79 Å². The fourth-order valence-electron chi connectivity index (χ4n) is 3.28. The third-order valence-electron chi connectivity index (χ3n) is 5.14. The molecule has 1 N–H and O–H groups in total. The van der Waals surface area contributed by atoms with E-state index in [1.807, 2.05) is 0 Å².